The fraction of sp³-hybridized carbons (Fsp3) is 0.200. The minimum absolute atomic E-state index is 0.0794. The van der Waals surface area contributed by atoms with Gasteiger partial charge in [-0.3, -0.25) is 4.79 Å². The maximum atomic E-state index is 12.0. The van der Waals surface area contributed by atoms with Crippen LogP contribution < -0.4 is 5.32 Å². The number of carbonyl (C=O) groups excluding carboxylic acids is 1. The first-order valence-corrected chi connectivity index (χ1v) is 7.30. The fourth-order valence-electron chi connectivity index (χ4n) is 1.79. The number of nitrogens with zero attached hydrogens (tertiary/aromatic N) is 1. The second-order valence-electron chi connectivity index (χ2n) is 4.64. The Morgan fingerprint density at radius 3 is 2.70 bits per heavy atom. The summed E-state index contributed by atoms with van der Waals surface area (Å²) in [4.78, 5) is 16.0. The molecule has 1 amide bonds. The molecule has 2 rings (SSSR count). The first kappa shape index (κ1) is 15.0. The highest BCUT2D eigenvalue weighted by Crippen LogP contribution is 2.23. The summed E-state index contributed by atoms with van der Waals surface area (Å²) in [6.07, 6.45) is 1.87. The number of halogens is 2. The Hall–Kier alpha value is -1.39. The highest BCUT2D eigenvalue weighted by atomic mass is 79.9. The van der Waals surface area contributed by atoms with Crippen molar-refractivity contribution in [1.82, 2.24) is 4.98 Å². The van der Waals surface area contributed by atoms with Crippen LogP contribution in [0.3, 0.4) is 0 Å². The zero-order valence-corrected chi connectivity index (χ0v) is 13.5. The molecule has 104 valence electrons. The number of rotatable bonds is 3. The van der Waals surface area contributed by atoms with E-state index in [0.717, 1.165) is 5.56 Å². The van der Waals surface area contributed by atoms with Gasteiger partial charge in [0.05, 0.1) is 22.8 Å². The molecule has 0 radical (unpaired) electrons. The van der Waals surface area contributed by atoms with E-state index in [2.05, 4.69) is 33.2 Å². The molecule has 1 heterocycles. The Morgan fingerprint density at radius 2 is 2.05 bits per heavy atom. The summed E-state index contributed by atoms with van der Waals surface area (Å²) in [5.41, 5.74) is 4.02. The van der Waals surface area contributed by atoms with E-state index >= 15 is 0 Å². The predicted octanol–water partition coefficient (Wildman–Crippen LogP) is 4.30. The Kier molecular flexibility index (Phi) is 4.78. The number of anilines is 1. The van der Waals surface area contributed by atoms with Gasteiger partial charge in [0, 0.05) is 0 Å². The largest absolute Gasteiger partial charge is 0.324 e. The molecule has 2 aromatic rings. The van der Waals surface area contributed by atoms with Gasteiger partial charge in [0.1, 0.15) is 5.15 Å². The third kappa shape index (κ3) is 3.81. The molecule has 0 saturated heterocycles. The van der Waals surface area contributed by atoms with E-state index in [4.69, 9.17) is 11.6 Å². The number of hydrogen-bond donors (Lipinski definition) is 1. The Labute approximate surface area is 131 Å². The van der Waals surface area contributed by atoms with Crippen LogP contribution in [0, 0.1) is 13.8 Å². The second kappa shape index (κ2) is 6.37. The summed E-state index contributed by atoms with van der Waals surface area (Å²) in [5.74, 6) is -0.0794. The number of aromatic nitrogens is 1. The number of pyridine rings is 1. The first-order valence-electron chi connectivity index (χ1n) is 6.13. The van der Waals surface area contributed by atoms with Crippen LogP contribution in [-0.4, -0.2) is 10.9 Å². The minimum Gasteiger partial charge on any atom is -0.324 e. The van der Waals surface area contributed by atoms with Gasteiger partial charge in [-0.25, -0.2) is 4.98 Å². The molecule has 0 aliphatic heterocycles. The van der Waals surface area contributed by atoms with Crippen molar-refractivity contribution >= 4 is 39.1 Å². The number of amides is 1. The molecule has 5 heteroatoms. The van der Waals surface area contributed by atoms with Gasteiger partial charge in [0.2, 0.25) is 5.91 Å². The average molecular weight is 354 g/mol. The highest BCUT2D eigenvalue weighted by molar-refractivity contribution is 9.10. The van der Waals surface area contributed by atoms with Crippen molar-refractivity contribution in [1.29, 1.82) is 0 Å². The summed E-state index contributed by atoms with van der Waals surface area (Å²) >= 11 is 9.08. The van der Waals surface area contributed by atoms with Crippen molar-refractivity contribution in [2.24, 2.45) is 0 Å². The molecule has 1 aromatic heterocycles. The van der Waals surface area contributed by atoms with Crippen LogP contribution in [0.1, 0.15) is 16.7 Å². The molecule has 0 atom stereocenters. The van der Waals surface area contributed by atoms with Gasteiger partial charge >= 0.3 is 0 Å². The van der Waals surface area contributed by atoms with Gasteiger partial charge in [-0.05, 0) is 52.5 Å². The molecule has 0 aliphatic rings. The molecule has 0 bridgehead atoms. The molecule has 1 N–H and O–H groups in total. The molecule has 0 aliphatic carbocycles. The monoisotopic (exact) mass is 352 g/mol. The maximum absolute atomic E-state index is 12.0. The Morgan fingerprint density at radius 1 is 1.30 bits per heavy atom. The molecule has 20 heavy (non-hydrogen) atoms. The maximum Gasteiger partial charge on any atom is 0.228 e. The number of carbonyl (C=O) groups is 1. The van der Waals surface area contributed by atoms with Crippen molar-refractivity contribution in [3.63, 3.8) is 0 Å². The summed E-state index contributed by atoms with van der Waals surface area (Å²) in [6.45, 7) is 4.09. The van der Waals surface area contributed by atoms with Crippen LogP contribution in [0.15, 0.2) is 34.9 Å². The molecule has 1 aromatic carbocycles. The summed E-state index contributed by atoms with van der Waals surface area (Å²) < 4.78 is 0.656. The normalized spacial score (nSPS) is 10.4. The number of nitrogens with one attached hydrogen (secondary N) is 1. The van der Waals surface area contributed by atoms with Gasteiger partial charge in [0.15, 0.2) is 0 Å². The van der Waals surface area contributed by atoms with Gasteiger partial charge in [0.25, 0.3) is 0 Å². The van der Waals surface area contributed by atoms with E-state index < -0.39 is 0 Å². The lowest BCUT2D eigenvalue weighted by Gasteiger charge is -2.07. The topological polar surface area (TPSA) is 42.0 Å². The molecule has 0 fully saturated rings. The number of hydrogen-bond acceptors (Lipinski definition) is 2. The molecule has 3 nitrogen and oxygen atoms in total. The van der Waals surface area contributed by atoms with E-state index in [1.165, 1.54) is 17.3 Å². The van der Waals surface area contributed by atoms with Crippen LogP contribution in [0.25, 0.3) is 0 Å². The van der Waals surface area contributed by atoms with Crippen molar-refractivity contribution in [3.8, 4) is 0 Å². The van der Waals surface area contributed by atoms with Gasteiger partial charge in [-0.2, -0.15) is 0 Å². The van der Waals surface area contributed by atoms with Crippen LogP contribution in [0.2, 0.25) is 5.15 Å². The standard InChI is InChI=1S/C15H14BrClN2O/c1-9-3-4-11(5-10(9)2)6-14(20)19-12-7-13(16)15(17)18-8-12/h3-5,7-8H,6H2,1-2H3,(H,19,20). The Bertz CT molecular complexity index is 603. The number of benzene rings is 1. The second-order valence-corrected chi connectivity index (χ2v) is 5.85. The smallest absolute Gasteiger partial charge is 0.228 e. The summed E-state index contributed by atoms with van der Waals surface area (Å²) in [5, 5.41) is 3.17. The minimum atomic E-state index is -0.0794. The summed E-state index contributed by atoms with van der Waals surface area (Å²) in [7, 11) is 0. The predicted molar refractivity (Wildman–Crippen MR) is 85.2 cm³/mol. The van der Waals surface area contributed by atoms with Crippen molar-refractivity contribution in [3.05, 3.63) is 56.8 Å². The molecular weight excluding hydrogens is 340 g/mol. The quantitative estimate of drug-likeness (QED) is 0.836. The first-order chi connectivity index (χ1) is 9.45. The lowest BCUT2D eigenvalue weighted by molar-refractivity contribution is -0.115. The van der Waals surface area contributed by atoms with Gasteiger partial charge in [-0.1, -0.05) is 29.8 Å². The average Bonchev–Trinajstić information content (AvgIpc) is 2.38. The molecular formula is C15H14BrClN2O. The van der Waals surface area contributed by atoms with Crippen LogP contribution in [-0.2, 0) is 11.2 Å². The molecule has 0 saturated carbocycles. The third-order valence-electron chi connectivity index (χ3n) is 3.02. The lowest BCUT2D eigenvalue weighted by Crippen LogP contribution is -2.14. The van der Waals surface area contributed by atoms with Crippen LogP contribution >= 0.6 is 27.5 Å². The van der Waals surface area contributed by atoms with E-state index in [0.29, 0.717) is 21.7 Å². The van der Waals surface area contributed by atoms with Gasteiger partial charge < -0.3 is 5.32 Å². The molecule has 0 unspecified atom stereocenters. The van der Waals surface area contributed by atoms with E-state index in [1.54, 1.807) is 6.07 Å². The van der Waals surface area contributed by atoms with E-state index in [9.17, 15) is 4.79 Å². The SMILES string of the molecule is Cc1ccc(CC(=O)Nc2cnc(Cl)c(Br)c2)cc1C. The summed E-state index contributed by atoms with van der Waals surface area (Å²) in [6, 6.07) is 7.76. The zero-order valence-electron chi connectivity index (χ0n) is 11.2. The lowest BCUT2D eigenvalue weighted by atomic mass is 10.0. The van der Waals surface area contributed by atoms with Crippen molar-refractivity contribution in [2.45, 2.75) is 20.3 Å². The highest BCUT2D eigenvalue weighted by Gasteiger charge is 2.07. The van der Waals surface area contributed by atoms with Crippen LogP contribution in [0.5, 0.6) is 0 Å². The Balaban J connectivity index is 2.04. The zero-order chi connectivity index (χ0) is 14.7. The van der Waals surface area contributed by atoms with E-state index in [1.807, 2.05) is 25.1 Å². The van der Waals surface area contributed by atoms with Crippen molar-refractivity contribution in [2.75, 3.05) is 5.32 Å². The fourth-order valence-corrected chi connectivity index (χ4v) is 2.25. The third-order valence-corrected chi connectivity index (χ3v) is 4.15. The van der Waals surface area contributed by atoms with Crippen molar-refractivity contribution < 1.29 is 4.79 Å². The van der Waals surface area contributed by atoms with E-state index in [-0.39, 0.29) is 5.91 Å². The van der Waals surface area contributed by atoms with Crippen LogP contribution in [0.4, 0.5) is 5.69 Å². The van der Waals surface area contributed by atoms with Gasteiger partial charge in [-0.15, -0.1) is 0 Å². The number of aryl methyl sites for hydroxylation is 2. The molecule has 0 spiro atoms.